The number of benzene rings is 1. The molecule has 1 aliphatic carbocycles. The standard InChI is InChI=1S/C14H15NO2/c16-14(17)7-9-4-5-12-11(6-9)8-13(15-12)10-2-1-3-10/h4-6,8,10,15H,1-3,7H2,(H,16,17). The zero-order chi connectivity index (χ0) is 11.8. The van der Waals surface area contributed by atoms with Gasteiger partial charge in [-0.05, 0) is 47.9 Å². The molecule has 0 amide bonds. The maximum Gasteiger partial charge on any atom is 0.307 e. The van der Waals surface area contributed by atoms with Gasteiger partial charge in [0.1, 0.15) is 0 Å². The van der Waals surface area contributed by atoms with Crippen molar-refractivity contribution in [2.24, 2.45) is 0 Å². The second-order valence-corrected chi connectivity index (χ2v) is 4.84. The number of fused-ring (bicyclic) bond motifs is 1. The first kappa shape index (κ1) is 10.4. The van der Waals surface area contributed by atoms with E-state index in [1.54, 1.807) is 0 Å². The number of nitrogens with one attached hydrogen (secondary N) is 1. The summed E-state index contributed by atoms with van der Waals surface area (Å²) in [5, 5.41) is 9.90. The van der Waals surface area contributed by atoms with Crippen molar-refractivity contribution < 1.29 is 9.90 Å². The van der Waals surface area contributed by atoms with Gasteiger partial charge in [-0.15, -0.1) is 0 Å². The minimum atomic E-state index is -0.779. The van der Waals surface area contributed by atoms with Gasteiger partial charge in [0.2, 0.25) is 0 Å². The summed E-state index contributed by atoms with van der Waals surface area (Å²) in [6.07, 6.45) is 3.97. The molecular weight excluding hydrogens is 214 g/mol. The molecule has 2 aromatic rings. The quantitative estimate of drug-likeness (QED) is 0.849. The number of hydrogen-bond acceptors (Lipinski definition) is 1. The van der Waals surface area contributed by atoms with E-state index in [4.69, 9.17) is 5.11 Å². The fourth-order valence-electron chi connectivity index (χ4n) is 2.43. The number of aromatic amines is 1. The summed E-state index contributed by atoms with van der Waals surface area (Å²) in [4.78, 5) is 14.1. The summed E-state index contributed by atoms with van der Waals surface area (Å²) in [5.41, 5.74) is 3.28. The van der Waals surface area contributed by atoms with Gasteiger partial charge in [-0.1, -0.05) is 12.5 Å². The number of aliphatic carboxylic acids is 1. The molecule has 1 aliphatic rings. The van der Waals surface area contributed by atoms with E-state index < -0.39 is 5.97 Å². The third-order valence-corrected chi connectivity index (χ3v) is 3.61. The van der Waals surface area contributed by atoms with Crippen molar-refractivity contribution in [2.75, 3.05) is 0 Å². The summed E-state index contributed by atoms with van der Waals surface area (Å²) in [6.45, 7) is 0. The highest BCUT2D eigenvalue weighted by atomic mass is 16.4. The zero-order valence-electron chi connectivity index (χ0n) is 9.57. The molecular formula is C14H15NO2. The van der Waals surface area contributed by atoms with Crippen LogP contribution >= 0.6 is 0 Å². The van der Waals surface area contributed by atoms with Crippen LogP contribution in [0.3, 0.4) is 0 Å². The molecule has 1 aromatic heterocycles. The van der Waals surface area contributed by atoms with Crippen LogP contribution in [0, 0.1) is 0 Å². The minimum absolute atomic E-state index is 0.0971. The Bertz CT molecular complexity index is 567. The van der Waals surface area contributed by atoms with Gasteiger partial charge in [-0.3, -0.25) is 4.79 Å². The molecule has 0 saturated heterocycles. The molecule has 3 heteroatoms. The summed E-state index contributed by atoms with van der Waals surface area (Å²) in [7, 11) is 0. The van der Waals surface area contributed by atoms with Crippen molar-refractivity contribution in [3.8, 4) is 0 Å². The van der Waals surface area contributed by atoms with Crippen molar-refractivity contribution in [3.63, 3.8) is 0 Å². The lowest BCUT2D eigenvalue weighted by Crippen LogP contribution is -2.08. The fourth-order valence-corrected chi connectivity index (χ4v) is 2.43. The van der Waals surface area contributed by atoms with Gasteiger partial charge in [-0.2, -0.15) is 0 Å². The van der Waals surface area contributed by atoms with Crippen molar-refractivity contribution in [2.45, 2.75) is 31.6 Å². The van der Waals surface area contributed by atoms with Gasteiger partial charge in [0.05, 0.1) is 6.42 Å². The molecule has 0 atom stereocenters. The summed E-state index contributed by atoms with van der Waals surface area (Å²) in [6, 6.07) is 8.01. The third-order valence-electron chi connectivity index (χ3n) is 3.61. The van der Waals surface area contributed by atoms with Crippen LogP contribution in [0.1, 0.15) is 36.4 Å². The Morgan fingerprint density at radius 1 is 1.35 bits per heavy atom. The molecule has 17 heavy (non-hydrogen) atoms. The smallest absolute Gasteiger partial charge is 0.307 e. The van der Waals surface area contributed by atoms with E-state index in [9.17, 15) is 4.79 Å². The second kappa shape index (κ2) is 3.91. The van der Waals surface area contributed by atoms with Gasteiger partial charge in [0.15, 0.2) is 0 Å². The topological polar surface area (TPSA) is 53.1 Å². The molecule has 0 radical (unpaired) electrons. The number of carbonyl (C=O) groups is 1. The lowest BCUT2D eigenvalue weighted by molar-refractivity contribution is -0.136. The molecule has 88 valence electrons. The predicted molar refractivity (Wildman–Crippen MR) is 66.2 cm³/mol. The van der Waals surface area contributed by atoms with Crippen LogP contribution in [0.5, 0.6) is 0 Å². The van der Waals surface area contributed by atoms with Gasteiger partial charge < -0.3 is 10.1 Å². The van der Waals surface area contributed by atoms with E-state index >= 15 is 0 Å². The van der Waals surface area contributed by atoms with E-state index in [1.807, 2.05) is 18.2 Å². The average molecular weight is 229 g/mol. The Morgan fingerprint density at radius 2 is 2.18 bits per heavy atom. The summed E-state index contributed by atoms with van der Waals surface area (Å²) in [5.74, 6) is -0.0931. The highest BCUT2D eigenvalue weighted by Gasteiger charge is 2.21. The van der Waals surface area contributed by atoms with Gasteiger partial charge in [0, 0.05) is 11.2 Å². The Labute approximate surface area is 99.5 Å². The monoisotopic (exact) mass is 229 g/mol. The largest absolute Gasteiger partial charge is 0.481 e. The molecule has 0 bridgehead atoms. The van der Waals surface area contributed by atoms with Crippen LogP contribution in [-0.2, 0) is 11.2 Å². The van der Waals surface area contributed by atoms with Crippen LogP contribution in [-0.4, -0.2) is 16.1 Å². The number of rotatable bonds is 3. The molecule has 3 nitrogen and oxygen atoms in total. The molecule has 0 spiro atoms. The lowest BCUT2D eigenvalue weighted by atomic mass is 9.83. The van der Waals surface area contributed by atoms with Crippen molar-refractivity contribution >= 4 is 16.9 Å². The molecule has 0 unspecified atom stereocenters. The average Bonchev–Trinajstić information content (AvgIpc) is 2.56. The van der Waals surface area contributed by atoms with Gasteiger partial charge in [0.25, 0.3) is 0 Å². The highest BCUT2D eigenvalue weighted by Crippen LogP contribution is 2.37. The Morgan fingerprint density at radius 3 is 2.82 bits per heavy atom. The maximum atomic E-state index is 10.7. The van der Waals surface area contributed by atoms with Crippen molar-refractivity contribution in [3.05, 3.63) is 35.5 Å². The first-order valence-electron chi connectivity index (χ1n) is 6.06. The predicted octanol–water partition coefficient (Wildman–Crippen LogP) is 3.06. The van der Waals surface area contributed by atoms with Crippen LogP contribution in [0.2, 0.25) is 0 Å². The van der Waals surface area contributed by atoms with Crippen LogP contribution in [0.15, 0.2) is 24.3 Å². The van der Waals surface area contributed by atoms with Crippen LogP contribution < -0.4 is 0 Å². The molecule has 1 fully saturated rings. The van der Waals surface area contributed by atoms with E-state index in [0.29, 0.717) is 5.92 Å². The van der Waals surface area contributed by atoms with Crippen LogP contribution in [0.4, 0.5) is 0 Å². The second-order valence-electron chi connectivity index (χ2n) is 4.84. The number of carboxylic acids is 1. The van der Waals surface area contributed by atoms with E-state index in [0.717, 1.165) is 16.5 Å². The minimum Gasteiger partial charge on any atom is -0.481 e. The first-order chi connectivity index (χ1) is 8.22. The molecule has 2 N–H and O–H groups in total. The number of aromatic nitrogens is 1. The Hall–Kier alpha value is -1.77. The molecule has 3 rings (SSSR count). The molecule has 1 heterocycles. The van der Waals surface area contributed by atoms with E-state index in [-0.39, 0.29) is 6.42 Å². The highest BCUT2D eigenvalue weighted by molar-refractivity contribution is 5.82. The normalized spacial score (nSPS) is 16.0. The van der Waals surface area contributed by atoms with Crippen LogP contribution in [0.25, 0.3) is 10.9 Å². The third kappa shape index (κ3) is 1.93. The van der Waals surface area contributed by atoms with Gasteiger partial charge >= 0.3 is 5.97 Å². The first-order valence-corrected chi connectivity index (χ1v) is 6.06. The zero-order valence-corrected chi connectivity index (χ0v) is 9.57. The molecule has 1 saturated carbocycles. The van der Waals surface area contributed by atoms with Crippen molar-refractivity contribution in [1.29, 1.82) is 0 Å². The Balaban J connectivity index is 1.95. The van der Waals surface area contributed by atoms with Crippen molar-refractivity contribution in [1.82, 2.24) is 4.98 Å². The maximum absolute atomic E-state index is 10.7. The number of H-pyrrole nitrogens is 1. The fraction of sp³-hybridized carbons (Fsp3) is 0.357. The van der Waals surface area contributed by atoms with E-state index in [1.165, 1.54) is 25.0 Å². The number of carboxylic acid groups (broad SMARTS) is 1. The molecule has 1 aromatic carbocycles. The lowest BCUT2D eigenvalue weighted by Gasteiger charge is -2.23. The van der Waals surface area contributed by atoms with Gasteiger partial charge in [-0.25, -0.2) is 0 Å². The SMILES string of the molecule is O=C(O)Cc1ccc2[nH]c(C3CCC3)cc2c1. The summed E-state index contributed by atoms with van der Waals surface area (Å²) < 4.78 is 0. The number of hydrogen-bond donors (Lipinski definition) is 2. The summed E-state index contributed by atoms with van der Waals surface area (Å²) >= 11 is 0. The Kier molecular flexibility index (Phi) is 2.39. The van der Waals surface area contributed by atoms with E-state index in [2.05, 4.69) is 11.1 Å². The molecule has 0 aliphatic heterocycles.